The van der Waals surface area contributed by atoms with Gasteiger partial charge in [0.15, 0.2) is 0 Å². The Morgan fingerprint density at radius 1 is 0.700 bits per heavy atom. The Hall–Kier alpha value is 0. The summed E-state index contributed by atoms with van der Waals surface area (Å²) < 4.78 is 0. The smallest absolute Gasteiger partial charge is 0.0524 e. The van der Waals surface area contributed by atoms with Crippen LogP contribution in [0.1, 0.15) is 38.5 Å². The van der Waals surface area contributed by atoms with Crippen LogP contribution in [0, 0.1) is 23.7 Å². The Bertz CT molecular complexity index is 91.6. The van der Waals surface area contributed by atoms with Crippen molar-refractivity contribution in [2.45, 2.75) is 38.5 Å². The molecule has 0 unspecified atom stereocenters. The lowest BCUT2D eigenvalue weighted by molar-refractivity contribution is 0.0920. The molecular weight excluding hydrogens is 120 g/mol. The average molecular weight is 135 g/mol. The minimum Gasteiger partial charge on any atom is -0.313 e. The maximum Gasteiger partial charge on any atom is -0.0524 e. The van der Waals surface area contributed by atoms with Crippen molar-refractivity contribution >= 4 is 0 Å². The monoisotopic (exact) mass is 135 g/mol. The molecule has 56 valence electrons. The van der Waals surface area contributed by atoms with Crippen molar-refractivity contribution in [2.24, 2.45) is 17.8 Å². The highest BCUT2D eigenvalue weighted by Gasteiger charge is 2.34. The number of hydrogen-bond donors (Lipinski definition) is 0. The third-order valence-electron chi connectivity index (χ3n) is 3.73. The predicted octanol–water partition coefficient (Wildman–Crippen LogP) is 2.79. The van der Waals surface area contributed by atoms with E-state index < -0.39 is 0 Å². The van der Waals surface area contributed by atoms with Gasteiger partial charge < -0.3 is 5.92 Å². The summed E-state index contributed by atoms with van der Waals surface area (Å²) in [5.74, 6) is 5.35. The first-order valence-corrected chi connectivity index (χ1v) is 4.73. The molecule has 0 saturated heterocycles. The van der Waals surface area contributed by atoms with Gasteiger partial charge in [-0.15, -0.1) is 0 Å². The van der Waals surface area contributed by atoms with Gasteiger partial charge in [0.2, 0.25) is 0 Å². The Labute approximate surface area is 63.0 Å². The Kier molecular flexibility index (Phi) is 1.00. The van der Waals surface area contributed by atoms with E-state index in [2.05, 4.69) is 0 Å². The summed E-state index contributed by atoms with van der Waals surface area (Å²) in [6.45, 7) is 0. The van der Waals surface area contributed by atoms with Gasteiger partial charge in [-0.25, -0.2) is 0 Å². The fourth-order valence-electron chi connectivity index (χ4n) is 3.68. The van der Waals surface area contributed by atoms with Gasteiger partial charge in [0.05, 0.1) is 0 Å². The van der Waals surface area contributed by atoms with E-state index in [-0.39, 0.29) is 0 Å². The molecule has 0 amide bonds. The second-order valence-electron chi connectivity index (χ2n) is 4.67. The van der Waals surface area contributed by atoms with Crippen molar-refractivity contribution in [3.05, 3.63) is 5.92 Å². The van der Waals surface area contributed by atoms with E-state index in [1.165, 1.54) is 19.3 Å². The van der Waals surface area contributed by atoms with Crippen LogP contribution in [0.15, 0.2) is 0 Å². The fourth-order valence-corrected chi connectivity index (χ4v) is 3.68. The second-order valence-corrected chi connectivity index (χ2v) is 4.67. The zero-order chi connectivity index (χ0) is 6.55. The Morgan fingerprint density at radius 2 is 1.10 bits per heavy atom. The van der Waals surface area contributed by atoms with Crippen LogP contribution in [0.25, 0.3) is 0 Å². The highest BCUT2D eigenvalue weighted by atomic mass is 14.5. The first-order chi connectivity index (χ1) is 4.90. The van der Waals surface area contributed by atoms with Crippen molar-refractivity contribution in [3.8, 4) is 0 Å². The number of hydrogen-bond acceptors (Lipinski definition) is 0. The molecule has 0 aromatic rings. The molecule has 10 heavy (non-hydrogen) atoms. The minimum absolute atomic E-state index is 1.14. The van der Waals surface area contributed by atoms with E-state index in [1.807, 2.05) is 5.92 Å². The first kappa shape index (κ1) is 5.62. The zero-order valence-corrected chi connectivity index (χ0v) is 6.47. The fraction of sp³-hybridized carbons (Fsp3) is 0.900. The second kappa shape index (κ2) is 1.78. The largest absolute Gasteiger partial charge is 0.313 e. The van der Waals surface area contributed by atoms with Gasteiger partial charge in [-0.1, -0.05) is 37.0 Å². The summed E-state index contributed by atoms with van der Waals surface area (Å²) in [5.41, 5.74) is 0. The maximum absolute atomic E-state index is 1.93. The van der Waals surface area contributed by atoms with Crippen LogP contribution in [-0.2, 0) is 0 Å². The summed E-state index contributed by atoms with van der Waals surface area (Å²) >= 11 is 0. The van der Waals surface area contributed by atoms with Crippen LogP contribution in [-0.4, -0.2) is 0 Å². The highest BCUT2D eigenvalue weighted by molar-refractivity contribution is 5.08. The summed E-state index contributed by atoms with van der Waals surface area (Å²) in [5, 5.41) is 0. The van der Waals surface area contributed by atoms with Crippen LogP contribution in [0.5, 0.6) is 0 Å². The van der Waals surface area contributed by atoms with Crippen LogP contribution in [0.3, 0.4) is 0 Å². The van der Waals surface area contributed by atoms with Crippen molar-refractivity contribution in [1.29, 1.82) is 0 Å². The zero-order valence-electron chi connectivity index (χ0n) is 6.47. The number of rotatable bonds is 0. The van der Waals surface area contributed by atoms with Crippen LogP contribution >= 0.6 is 0 Å². The molecule has 0 radical (unpaired) electrons. The van der Waals surface area contributed by atoms with E-state index in [0.717, 1.165) is 17.8 Å². The van der Waals surface area contributed by atoms with Gasteiger partial charge in [0.25, 0.3) is 0 Å². The van der Waals surface area contributed by atoms with Gasteiger partial charge in [0, 0.05) is 0 Å². The van der Waals surface area contributed by atoms with Crippen LogP contribution in [0.2, 0.25) is 0 Å². The molecule has 0 atom stereocenters. The molecule has 4 fully saturated rings. The Balaban J connectivity index is 1.90. The van der Waals surface area contributed by atoms with Crippen molar-refractivity contribution < 1.29 is 0 Å². The molecule has 4 saturated carbocycles. The summed E-state index contributed by atoms with van der Waals surface area (Å²) in [6, 6.07) is 0. The van der Waals surface area contributed by atoms with E-state index in [4.69, 9.17) is 0 Å². The molecule has 4 rings (SSSR count). The molecule has 0 heterocycles. The molecular formula is C10H15-. The van der Waals surface area contributed by atoms with E-state index >= 15 is 0 Å². The van der Waals surface area contributed by atoms with Crippen LogP contribution < -0.4 is 0 Å². The van der Waals surface area contributed by atoms with Crippen molar-refractivity contribution in [2.75, 3.05) is 0 Å². The van der Waals surface area contributed by atoms with Gasteiger partial charge >= 0.3 is 0 Å². The van der Waals surface area contributed by atoms with Crippen molar-refractivity contribution in [1.82, 2.24) is 0 Å². The van der Waals surface area contributed by atoms with Crippen LogP contribution in [0.4, 0.5) is 0 Å². The third kappa shape index (κ3) is 0.681. The minimum atomic E-state index is 1.14. The standard InChI is InChI=1S/C10H15/c1-7-2-9-4-8(1)5-10(3-7)6-9/h7-9H,1-6H2/q-1. The third-order valence-corrected chi connectivity index (χ3v) is 3.73. The van der Waals surface area contributed by atoms with Crippen molar-refractivity contribution in [3.63, 3.8) is 0 Å². The SMILES string of the molecule is C1[C-]2CC3CC1CC(C2)C3. The quantitative estimate of drug-likeness (QED) is 0.448. The summed E-state index contributed by atoms with van der Waals surface area (Å²) in [7, 11) is 0. The molecule has 0 nitrogen and oxygen atoms in total. The molecule has 0 aliphatic heterocycles. The molecule has 0 aromatic carbocycles. The normalized spacial score (nSPS) is 52.2. The van der Waals surface area contributed by atoms with Gasteiger partial charge in [0.1, 0.15) is 0 Å². The lowest BCUT2D eigenvalue weighted by Crippen LogP contribution is -2.37. The van der Waals surface area contributed by atoms with E-state index in [9.17, 15) is 0 Å². The van der Waals surface area contributed by atoms with Gasteiger partial charge in [-0.2, -0.15) is 19.3 Å². The van der Waals surface area contributed by atoms with E-state index in [1.54, 1.807) is 19.3 Å². The predicted molar refractivity (Wildman–Crippen MR) is 41.4 cm³/mol. The summed E-state index contributed by atoms with van der Waals surface area (Å²) in [6.07, 6.45) is 9.31. The lowest BCUT2D eigenvalue weighted by Gasteiger charge is -2.58. The molecule has 4 aliphatic carbocycles. The average Bonchev–Trinajstić information content (AvgIpc) is 1.82. The van der Waals surface area contributed by atoms with Gasteiger partial charge in [-0.3, -0.25) is 0 Å². The lowest BCUT2D eigenvalue weighted by atomic mass is 9.56. The molecule has 4 bridgehead atoms. The molecule has 4 aliphatic rings. The highest BCUT2D eigenvalue weighted by Crippen LogP contribution is 2.54. The molecule has 0 heteroatoms. The topological polar surface area (TPSA) is 0 Å². The molecule has 0 aromatic heterocycles. The molecule has 0 spiro atoms. The summed E-state index contributed by atoms with van der Waals surface area (Å²) in [4.78, 5) is 0. The first-order valence-electron chi connectivity index (χ1n) is 4.73. The van der Waals surface area contributed by atoms with E-state index in [0.29, 0.717) is 0 Å². The Morgan fingerprint density at radius 3 is 1.40 bits per heavy atom. The maximum atomic E-state index is 1.93. The molecule has 0 N–H and O–H groups in total. The van der Waals surface area contributed by atoms with Gasteiger partial charge in [-0.05, 0) is 0 Å².